The zero-order chi connectivity index (χ0) is 12.9. The maximum Gasteiger partial charge on any atom is 0.328 e. The zero-order valence-electron chi connectivity index (χ0n) is 10.4. The third-order valence-corrected chi connectivity index (χ3v) is 2.07. The van der Waals surface area contributed by atoms with Crippen LogP contribution in [0.15, 0.2) is 30.3 Å². The molecule has 0 aliphatic rings. The summed E-state index contributed by atoms with van der Waals surface area (Å²) in [5.74, 6) is -0.940. The van der Waals surface area contributed by atoms with Crippen LogP contribution >= 0.6 is 0 Å². The van der Waals surface area contributed by atoms with Crippen LogP contribution in [0, 0.1) is 0 Å². The number of hydrogen-bond donors (Lipinski definition) is 1. The first-order chi connectivity index (χ1) is 7.87. The van der Waals surface area contributed by atoms with Gasteiger partial charge in [0.1, 0.15) is 0 Å². The smallest absolute Gasteiger partial charge is 0.328 e. The summed E-state index contributed by atoms with van der Waals surface area (Å²) >= 11 is 0. The molecular formula is C14H18O3. The van der Waals surface area contributed by atoms with Crippen molar-refractivity contribution < 1.29 is 14.6 Å². The molecular weight excluding hydrogens is 216 g/mol. The standard InChI is InChI=1S/C14H18O3/c1-14(2,3)17-10-12-6-4-11(5-7-12)8-9-13(15)16/h4-9H,10H2,1-3H3,(H,15,16)/b9-8+. The fourth-order valence-corrected chi connectivity index (χ4v) is 1.19. The highest BCUT2D eigenvalue weighted by Gasteiger charge is 2.09. The summed E-state index contributed by atoms with van der Waals surface area (Å²) in [6.45, 7) is 6.59. The van der Waals surface area contributed by atoms with Crippen LogP contribution in [0.4, 0.5) is 0 Å². The summed E-state index contributed by atoms with van der Waals surface area (Å²) in [5.41, 5.74) is 1.79. The van der Waals surface area contributed by atoms with Crippen LogP contribution in [0.3, 0.4) is 0 Å². The first-order valence-electron chi connectivity index (χ1n) is 5.51. The fraction of sp³-hybridized carbons (Fsp3) is 0.357. The first kappa shape index (κ1) is 13.5. The summed E-state index contributed by atoms with van der Waals surface area (Å²) in [6.07, 6.45) is 2.69. The molecule has 0 radical (unpaired) electrons. The summed E-state index contributed by atoms with van der Waals surface area (Å²) in [6, 6.07) is 7.63. The lowest BCUT2D eigenvalue weighted by molar-refractivity contribution is -0.131. The number of ether oxygens (including phenoxy) is 1. The van der Waals surface area contributed by atoms with Gasteiger partial charge in [-0.1, -0.05) is 24.3 Å². The molecule has 1 aromatic rings. The quantitative estimate of drug-likeness (QED) is 0.814. The fourth-order valence-electron chi connectivity index (χ4n) is 1.19. The first-order valence-corrected chi connectivity index (χ1v) is 5.51. The predicted octanol–water partition coefficient (Wildman–Crippen LogP) is 3.10. The second-order valence-corrected chi connectivity index (χ2v) is 4.81. The van der Waals surface area contributed by atoms with Crippen molar-refractivity contribution in [3.05, 3.63) is 41.5 Å². The minimum Gasteiger partial charge on any atom is -0.478 e. The molecule has 0 saturated carbocycles. The Hall–Kier alpha value is -1.61. The summed E-state index contributed by atoms with van der Waals surface area (Å²) in [7, 11) is 0. The van der Waals surface area contributed by atoms with E-state index in [-0.39, 0.29) is 5.60 Å². The molecule has 3 heteroatoms. The molecule has 1 rings (SSSR count). The van der Waals surface area contributed by atoms with Gasteiger partial charge in [0.15, 0.2) is 0 Å². The molecule has 0 amide bonds. The Morgan fingerprint density at radius 2 is 1.88 bits per heavy atom. The molecule has 0 fully saturated rings. The van der Waals surface area contributed by atoms with E-state index < -0.39 is 5.97 Å². The molecule has 0 heterocycles. The van der Waals surface area contributed by atoms with Crippen molar-refractivity contribution in [2.45, 2.75) is 33.0 Å². The minimum absolute atomic E-state index is 0.151. The number of rotatable bonds is 4. The van der Waals surface area contributed by atoms with E-state index in [0.29, 0.717) is 6.61 Å². The van der Waals surface area contributed by atoms with Gasteiger partial charge in [-0.3, -0.25) is 0 Å². The zero-order valence-corrected chi connectivity index (χ0v) is 10.4. The SMILES string of the molecule is CC(C)(C)OCc1ccc(/C=C/C(=O)O)cc1. The number of carbonyl (C=O) groups is 1. The molecule has 1 aromatic carbocycles. The lowest BCUT2D eigenvalue weighted by atomic mass is 10.1. The lowest BCUT2D eigenvalue weighted by Gasteiger charge is -2.19. The van der Waals surface area contributed by atoms with Gasteiger partial charge in [0.2, 0.25) is 0 Å². The molecule has 0 saturated heterocycles. The van der Waals surface area contributed by atoms with E-state index in [1.165, 1.54) is 0 Å². The van der Waals surface area contributed by atoms with Crippen molar-refractivity contribution in [3.63, 3.8) is 0 Å². The highest BCUT2D eigenvalue weighted by atomic mass is 16.5. The second kappa shape index (κ2) is 5.64. The third kappa shape index (κ3) is 5.88. The van der Waals surface area contributed by atoms with Gasteiger partial charge in [-0.2, -0.15) is 0 Å². The molecule has 92 valence electrons. The van der Waals surface area contributed by atoms with E-state index in [1.807, 2.05) is 45.0 Å². The molecule has 0 unspecified atom stereocenters. The van der Waals surface area contributed by atoms with Crippen molar-refractivity contribution in [1.29, 1.82) is 0 Å². The average Bonchev–Trinajstić information content (AvgIpc) is 2.24. The molecule has 0 aromatic heterocycles. The van der Waals surface area contributed by atoms with E-state index in [0.717, 1.165) is 17.2 Å². The average molecular weight is 234 g/mol. The van der Waals surface area contributed by atoms with Gasteiger partial charge < -0.3 is 9.84 Å². The van der Waals surface area contributed by atoms with E-state index in [9.17, 15) is 4.79 Å². The summed E-state index contributed by atoms with van der Waals surface area (Å²) in [5, 5.41) is 8.50. The Morgan fingerprint density at radius 1 is 1.29 bits per heavy atom. The van der Waals surface area contributed by atoms with Crippen molar-refractivity contribution in [3.8, 4) is 0 Å². The Bertz CT molecular complexity index is 396. The molecule has 0 aliphatic heterocycles. The topological polar surface area (TPSA) is 46.5 Å². The molecule has 3 nitrogen and oxygen atoms in total. The number of carboxylic acids is 1. The van der Waals surface area contributed by atoms with Crippen LogP contribution in [0.1, 0.15) is 31.9 Å². The number of benzene rings is 1. The number of carboxylic acid groups (broad SMARTS) is 1. The molecule has 1 N–H and O–H groups in total. The largest absolute Gasteiger partial charge is 0.478 e. The monoisotopic (exact) mass is 234 g/mol. The highest BCUT2D eigenvalue weighted by Crippen LogP contribution is 2.13. The Balaban J connectivity index is 2.59. The predicted molar refractivity (Wildman–Crippen MR) is 67.7 cm³/mol. The molecule has 0 atom stereocenters. The highest BCUT2D eigenvalue weighted by molar-refractivity contribution is 5.85. The van der Waals surface area contributed by atoms with E-state index in [4.69, 9.17) is 9.84 Å². The van der Waals surface area contributed by atoms with Crippen molar-refractivity contribution in [1.82, 2.24) is 0 Å². The number of hydrogen-bond acceptors (Lipinski definition) is 2. The molecule has 0 aliphatic carbocycles. The van der Waals surface area contributed by atoms with Crippen LogP contribution in [0.5, 0.6) is 0 Å². The Kier molecular flexibility index (Phi) is 4.46. The number of aliphatic carboxylic acids is 1. The second-order valence-electron chi connectivity index (χ2n) is 4.81. The third-order valence-electron chi connectivity index (χ3n) is 2.07. The molecule has 0 bridgehead atoms. The summed E-state index contributed by atoms with van der Waals surface area (Å²) in [4.78, 5) is 10.3. The van der Waals surface area contributed by atoms with Gasteiger partial charge in [-0.25, -0.2) is 4.79 Å². The van der Waals surface area contributed by atoms with Crippen LogP contribution in [0.2, 0.25) is 0 Å². The van der Waals surface area contributed by atoms with Crippen molar-refractivity contribution in [2.24, 2.45) is 0 Å². The van der Waals surface area contributed by atoms with Crippen LogP contribution in [-0.4, -0.2) is 16.7 Å². The Labute approximate surface area is 102 Å². The van der Waals surface area contributed by atoms with Gasteiger partial charge in [-0.05, 0) is 38.0 Å². The van der Waals surface area contributed by atoms with Crippen molar-refractivity contribution in [2.75, 3.05) is 0 Å². The van der Waals surface area contributed by atoms with Gasteiger partial charge >= 0.3 is 5.97 Å². The van der Waals surface area contributed by atoms with Crippen LogP contribution in [0.25, 0.3) is 6.08 Å². The summed E-state index contributed by atoms with van der Waals surface area (Å²) < 4.78 is 5.64. The van der Waals surface area contributed by atoms with Gasteiger partial charge in [0, 0.05) is 6.08 Å². The van der Waals surface area contributed by atoms with Crippen LogP contribution in [-0.2, 0) is 16.1 Å². The minimum atomic E-state index is -0.940. The van der Waals surface area contributed by atoms with E-state index >= 15 is 0 Å². The van der Waals surface area contributed by atoms with E-state index in [1.54, 1.807) is 6.08 Å². The van der Waals surface area contributed by atoms with Gasteiger partial charge in [0.25, 0.3) is 0 Å². The van der Waals surface area contributed by atoms with Crippen LogP contribution < -0.4 is 0 Å². The van der Waals surface area contributed by atoms with Gasteiger partial charge in [-0.15, -0.1) is 0 Å². The van der Waals surface area contributed by atoms with Gasteiger partial charge in [0.05, 0.1) is 12.2 Å². The maximum atomic E-state index is 10.3. The van der Waals surface area contributed by atoms with Crippen molar-refractivity contribution >= 4 is 12.0 Å². The normalized spacial score (nSPS) is 11.9. The lowest BCUT2D eigenvalue weighted by Crippen LogP contribution is -2.18. The molecule has 17 heavy (non-hydrogen) atoms. The Morgan fingerprint density at radius 3 is 2.35 bits per heavy atom. The maximum absolute atomic E-state index is 10.3. The molecule has 0 spiro atoms. The van der Waals surface area contributed by atoms with E-state index in [2.05, 4.69) is 0 Å².